The van der Waals surface area contributed by atoms with E-state index in [2.05, 4.69) is 5.32 Å². The molecule has 1 rings (SSSR count). The van der Waals surface area contributed by atoms with E-state index in [4.69, 9.17) is 15.7 Å². The number of nitrogens with zero attached hydrogens (tertiary/aromatic N) is 1. The lowest BCUT2D eigenvalue weighted by atomic mass is 9.97. The minimum absolute atomic E-state index is 0.0378. The summed E-state index contributed by atoms with van der Waals surface area (Å²) in [6, 6.07) is 8.47. The molecule has 0 aliphatic carbocycles. The number of nitrogens with one attached hydrogen (secondary N) is 1. The fourth-order valence-corrected chi connectivity index (χ4v) is 1.67. The van der Waals surface area contributed by atoms with E-state index >= 15 is 0 Å². The predicted octanol–water partition coefficient (Wildman–Crippen LogP) is 1.65. The quantitative estimate of drug-likeness (QED) is 0.879. The van der Waals surface area contributed by atoms with Crippen LogP contribution in [0.25, 0.3) is 0 Å². The Balaban J connectivity index is 2.72. The molecule has 21 heavy (non-hydrogen) atoms. The number of primary amides is 1. The molecule has 0 aromatic heterocycles. The van der Waals surface area contributed by atoms with Gasteiger partial charge in [0.2, 0.25) is 5.91 Å². The summed E-state index contributed by atoms with van der Waals surface area (Å²) in [6.45, 7) is 5.28. The summed E-state index contributed by atoms with van der Waals surface area (Å²) in [4.78, 5) is 23.1. The van der Waals surface area contributed by atoms with Gasteiger partial charge in [0.15, 0.2) is 0 Å². The Morgan fingerprint density at radius 3 is 2.33 bits per heavy atom. The van der Waals surface area contributed by atoms with Gasteiger partial charge in [-0.1, -0.05) is 12.1 Å². The SMILES string of the molecule is CC(C)(C)OC(=O)NCC(C(N)=O)c1ccc(C#N)cc1. The number of alkyl carbamates (subject to hydrolysis) is 1. The summed E-state index contributed by atoms with van der Waals surface area (Å²) >= 11 is 0. The Morgan fingerprint density at radius 1 is 1.33 bits per heavy atom. The van der Waals surface area contributed by atoms with Crippen molar-refractivity contribution in [3.63, 3.8) is 0 Å². The van der Waals surface area contributed by atoms with Crippen LogP contribution in [0.5, 0.6) is 0 Å². The molecule has 1 atom stereocenters. The van der Waals surface area contributed by atoms with Crippen molar-refractivity contribution in [2.75, 3.05) is 6.54 Å². The van der Waals surface area contributed by atoms with Crippen LogP contribution < -0.4 is 11.1 Å². The third-order valence-corrected chi connectivity index (χ3v) is 2.64. The van der Waals surface area contributed by atoms with Crippen LogP contribution in [0.1, 0.15) is 37.8 Å². The minimum atomic E-state index is -0.676. The second-order valence-electron chi connectivity index (χ2n) is 5.57. The maximum absolute atomic E-state index is 11.6. The topological polar surface area (TPSA) is 105 Å². The summed E-state index contributed by atoms with van der Waals surface area (Å²) in [5.74, 6) is -1.24. The molecule has 0 saturated heterocycles. The number of ether oxygens (including phenoxy) is 1. The summed E-state index contributed by atoms with van der Waals surface area (Å²) in [6.07, 6.45) is -0.609. The van der Waals surface area contributed by atoms with Gasteiger partial charge in [0, 0.05) is 6.54 Å². The number of amides is 2. The van der Waals surface area contributed by atoms with E-state index in [1.165, 1.54) is 0 Å². The monoisotopic (exact) mass is 289 g/mol. The Labute approximate surface area is 123 Å². The summed E-state index contributed by atoms with van der Waals surface area (Å²) in [5.41, 5.74) is 5.87. The molecule has 6 nitrogen and oxygen atoms in total. The average molecular weight is 289 g/mol. The zero-order valence-corrected chi connectivity index (χ0v) is 12.3. The Kier molecular flexibility index (Phi) is 5.30. The fourth-order valence-electron chi connectivity index (χ4n) is 1.67. The van der Waals surface area contributed by atoms with Crippen LogP contribution in [-0.2, 0) is 9.53 Å². The lowest BCUT2D eigenvalue weighted by molar-refractivity contribution is -0.119. The lowest BCUT2D eigenvalue weighted by Crippen LogP contribution is -2.38. The molecule has 0 heterocycles. The number of hydrogen-bond donors (Lipinski definition) is 2. The van der Waals surface area contributed by atoms with Crippen LogP contribution in [0.4, 0.5) is 4.79 Å². The van der Waals surface area contributed by atoms with Crippen molar-refractivity contribution in [3.05, 3.63) is 35.4 Å². The predicted molar refractivity (Wildman–Crippen MR) is 77.3 cm³/mol. The summed E-state index contributed by atoms with van der Waals surface area (Å²) in [5, 5.41) is 11.3. The molecule has 3 N–H and O–H groups in total. The molecule has 1 unspecified atom stereocenters. The highest BCUT2D eigenvalue weighted by molar-refractivity contribution is 5.83. The summed E-state index contributed by atoms with van der Waals surface area (Å²) in [7, 11) is 0. The smallest absolute Gasteiger partial charge is 0.407 e. The van der Waals surface area contributed by atoms with Gasteiger partial charge in [-0.3, -0.25) is 4.79 Å². The van der Waals surface area contributed by atoms with Crippen molar-refractivity contribution in [1.29, 1.82) is 5.26 Å². The van der Waals surface area contributed by atoms with E-state index in [0.717, 1.165) is 0 Å². The number of nitriles is 1. The Bertz CT molecular complexity index is 553. The summed E-state index contributed by atoms with van der Waals surface area (Å²) < 4.78 is 5.10. The van der Waals surface area contributed by atoms with Crippen molar-refractivity contribution < 1.29 is 14.3 Å². The van der Waals surface area contributed by atoms with Crippen LogP contribution in [-0.4, -0.2) is 24.1 Å². The van der Waals surface area contributed by atoms with Gasteiger partial charge in [0.1, 0.15) is 5.60 Å². The molecule has 0 bridgehead atoms. The lowest BCUT2D eigenvalue weighted by Gasteiger charge is -2.21. The van der Waals surface area contributed by atoms with Crippen LogP contribution in [0.3, 0.4) is 0 Å². The molecule has 0 aliphatic heterocycles. The van der Waals surface area contributed by atoms with Crippen LogP contribution in [0.15, 0.2) is 24.3 Å². The molecule has 6 heteroatoms. The van der Waals surface area contributed by atoms with Crippen molar-refractivity contribution in [3.8, 4) is 6.07 Å². The molecule has 0 spiro atoms. The standard InChI is InChI=1S/C15H19N3O3/c1-15(2,3)21-14(20)18-9-12(13(17)19)11-6-4-10(8-16)5-7-11/h4-7,12H,9H2,1-3H3,(H2,17,19)(H,18,20). The van der Waals surface area contributed by atoms with Crippen molar-refractivity contribution >= 4 is 12.0 Å². The van der Waals surface area contributed by atoms with E-state index in [1.807, 2.05) is 6.07 Å². The molecular weight excluding hydrogens is 270 g/mol. The zero-order valence-electron chi connectivity index (χ0n) is 12.3. The maximum atomic E-state index is 11.6. The minimum Gasteiger partial charge on any atom is -0.444 e. The molecule has 0 fully saturated rings. The number of nitrogens with two attached hydrogens (primary N) is 1. The number of carbonyl (C=O) groups excluding carboxylic acids is 2. The first-order chi connectivity index (χ1) is 9.73. The van der Waals surface area contributed by atoms with E-state index < -0.39 is 23.5 Å². The molecule has 1 aromatic rings. The van der Waals surface area contributed by atoms with Gasteiger partial charge in [0.05, 0.1) is 17.6 Å². The van der Waals surface area contributed by atoms with Crippen molar-refractivity contribution in [2.45, 2.75) is 32.3 Å². The van der Waals surface area contributed by atoms with Crippen molar-refractivity contribution in [1.82, 2.24) is 5.32 Å². The average Bonchev–Trinajstić information content (AvgIpc) is 2.37. The second-order valence-corrected chi connectivity index (χ2v) is 5.57. The molecule has 0 radical (unpaired) electrons. The Hall–Kier alpha value is -2.55. The van der Waals surface area contributed by atoms with E-state index in [-0.39, 0.29) is 6.54 Å². The van der Waals surface area contributed by atoms with E-state index in [9.17, 15) is 9.59 Å². The van der Waals surface area contributed by atoms with Crippen LogP contribution >= 0.6 is 0 Å². The number of carbonyl (C=O) groups is 2. The third-order valence-electron chi connectivity index (χ3n) is 2.64. The first-order valence-electron chi connectivity index (χ1n) is 6.49. The van der Waals surface area contributed by atoms with Gasteiger partial charge in [-0.2, -0.15) is 5.26 Å². The highest BCUT2D eigenvalue weighted by Gasteiger charge is 2.21. The molecule has 0 saturated carbocycles. The molecule has 1 aromatic carbocycles. The van der Waals surface area contributed by atoms with Crippen LogP contribution in [0, 0.1) is 11.3 Å². The number of rotatable bonds is 4. The van der Waals surface area contributed by atoms with Gasteiger partial charge >= 0.3 is 6.09 Å². The van der Waals surface area contributed by atoms with Crippen LogP contribution in [0.2, 0.25) is 0 Å². The normalized spacial score (nSPS) is 12.1. The zero-order chi connectivity index (χ0) is 16.0. The largest absolute Gasteiger partial charge is 0.444 e. The number of hydrogen-bond acceptors (Lipinski definition) is 4. The van der Waals surface area contributed by atoms with Gasteiger partial charge in [-0.15, -0.1) is 0 Å². The first-order valence-corrected chi connectivity index (χ1v) is 6.49. The van der Waals surface area contributed by atoms with E-state index in [0.29, 0.717) is 11.1 Å². The Morgan fingerprint density at radius 2 is 1.90 bits per heavy atom. The molecule has 0 aliphatic rings. The van der Waals surface area contributed by atoms with Gasteiger partial charge < -0.3 is 15.8 Å². The molecule has 112 valence electrons. The van der Waals surface area contributed by atoms with Gasteiger partial charge in [-0.05, 0) is 38.5 Å². The first kappa shape index (κ1) is 16.5. The van der Waals surface area contributed by atoms with Crippen molar-refractivity contribution in [2.24, 2.45) is 5.73 Å². The van der Waals surface area contributed by atoms with E-state index in [1.54, 1.807) is 45.0 Å². The van der Waals surface area contributed by atoms with Gasteiger partial charge in [0.25, 0.3) is 0 Å². The third kappa shape index (κ3) is 5.53. The fraction of sp³-hybridized carbons (Fsp3) is 0.400. The maximum Gasteiger partial charge on any atom is 0.407 e. The second kappa shape index (κ2) is 6.75. The molecular formula is C15H19N3O3. The number of benzene rings is 1. The highest BCUT2D eigenvalue weighted by atomic mass is 16.6. The highest BCUT2D eigenvalue weighted by Crippen LogP contribution is 2.16. The van der Waals surface area contributed by atoms with Gasteiger partial charge in [-0.25, -0.2) is 4.79 Å². The molecule has 2 amide bonds.